The van der Waals surface area contributed by atoms with Gasteiger partial charge < -0.3 is 10.1 Å². The molecule has 0 aliphatic heterocycles. The van der Waals surface area contributed by atoms with Crippen molar-refractivity contribution in [3.8, 4) is 0 Å². The maximum atomic E-state index is 12.2. The van der Waals surface area contributed by atoms with Crippen molar-refractivity contribution in [2.24, 2.45) is 0 Å². The Hall–Kier alpha value is -3.22. The second kappa shape index (κ2) is 6.69. The number of ether oxygens (including phenoxy) is 1. The van der Waals surface area contributed by atoms with Crippen molar-refractivity contribution in [2.45, 2.75) is 6.92 Å². The number of amides is 1. The third kappa shape index (κ3) is 3.70. The van der Waals surface area contributed by atoms with E-state index in [1.807, 2.05) is 0 Å². The molecule has 2 rings (SSSR count). The van der Waals surface area contributed by atoms with Gasteiger partial charge >= 0.3 is 5.97 Å². The summed E-state index contributed by atoms with van der Waals surface area (Å²) in [6, 6.07) is 10.3. The fraction of sp³-hybridized carbons (Fsp3) is 0.125. The summed E-state index contributed by atoms with van der Waals surface area (Å²) in [5.74, 6) is -1.01. The van der Waals surface area contributed by atoms with E-state index in [4.69, 9.17) is 0 Å². The molecule has 118 valence electrons. The van der Waals surface area contributed by atoms with Gasteiger partial charge in [-0.15, -0.1) is 0 Å². The van der Waals surface area contributed by atoms with E-state index in [0.717, 1.165) is 5.56 Å². The molecule has 7 heteroatoms. The highest BCUT2D eigenvalue weighted by Gasteiger charge is 2.17. The molecule has 0 unspecified atom stereocenters. The normalized spacial score (nSPS) is 10.0. The SMILES string of the molecule is COC(=O)c1ccc(C(=O)Nc2ccc(C)cc2[N+](=O)[O-])cc1. The summed E-state index contributed by atoms with van der Waals surface area (Å²) in [6.45, 7) is 1.73. The Morgan fingerprint density at radius 2 is 1.70 bits per heavy atom. The molecule has 0 radical (unpaired) electrons. The Bertz CT molecular complexity index is 769. The second-order valence-electron chi connectivity index (χ2n) is 4.80. The number of nitro benzene ring substituents is 1. The molecule has 2 aromatic carbocycles. The number of rotatable bonds is 4. The van der Waals surface area contributed by atoms with Gasteiger partial charge in [0.25, 0.3) is 11.6 Å². The summed E-state index contributed by atoms with van der Waals surface area (Å²) in [6.07, 6.45) is 0. The molecule has 1 amide bonds. The predicted molar refractivity (Wildman–Crippen MR) is 83.6 cm³/mol. The van der Waals surface area contributed by atoms with Gasteiger partial charge in [-0.2, -0.15) is 0 Å². The molecule has 2 aromatic rings. The molecule has 0 fully saturated rings. The summed E-state index contributed by atoms with van der Waals surface area (Å²) in [5.41, 5.74) is 1.24. The highest BCUT2D eigenvalue weighted by Crippen LogP contribution is 2.25. The quantitative estimate of drug-likeness (QED) is 0.531. The summed E-state index contributed by atoms with van der Waals surface area (Å²) in [4.78, 5) is 34.0. The van der Waals surface area contributed by atoms with E-state index >= 15 is 0 Å². The molecule has 0 heterocycles. The Kier molecular flexibility index (Phi) is 4.70. The molecular formula is C16H14N2O5. The smallest absolute Gasteiger partial charge is 0.337 e. The first-order valence-electron chi connectivity index (χ1n) is 6.67. The van der Waals surface area contributed by atoms with Crippen LogP contribution in [0.5, 0.6) is 0 Å². The zero-order valence-corrected chi connectivity index (χ0v) is 12.5. The van der Waals surface area contributed by atoms with Gasteiger partial charge in [0.05, 0.1) is 17.6 Å². The molecule has 0 aliphatic rings. The van der Waals surface area contributed by atoms with Crippen LogP contribution in [-0.2, 0) is 4.74 Å². The molecule has 0 aromatic heterocycles. The van der Waals surface area contributed by atoms with E-state index in [1.165, 1.54) is 43.5 Å². The molecular weight excluding hydrogens is 300 g/mol. The van der Waals surface area contributed by atoms with E-state index in [9.17, 15) is 19.7 Å². The number of methoxy groups -OCH3 is 1. The molecule has 23 heavy (non-hydrogen) atoms. The molecule has 0 bridgehead atoms. The van der Waals surface area contributed by atoms with E-state index in [-0.39, 0.29) is 16.9 Å². The third-order valence-corrected chi connectivity index (χ3v) is 3.17. The van der Waals surface area contributed by atoms with Crippen LogP contribution in [-0.4, -0.2) is 23.9 Å². The van der Waals surface area contributed by atoms with E-state index < -0.39 is 16.8 Å². The van der Waals surface area contributed by atoms with Crippen molar-refractivity contribution in [1.82, 2.24) is 0 Å². The Morgan fingerprint density at radius 1 is 1.09 bits per heavy atom. The lowest BCUT2D eigenvalue weighted by atomic mass is 10.1. The lowest BCUT2D eigenvalue weighted by molar-refractivity contribution is -0.384. The van der Waals surface area contributed by atoms with Crippen LogP contribution >= 0.6 is 0 Å². The van der Waals surface area contributed by atoms with Crippen LogP contribution in [0.2, 0.25) is 0 Å². The maximum Gasteiger partial charge on any atom is 0.337 e. The van der Waals surface area contributed by atoms with Gasteiger partial charge in [0, 0.05) is 11.6 Å². The summed E-state index contributed by atoms with van der Waals surface area (Å²) >= 11 is 0. The first-order chi connectivity index (χ1) is 10.9. The number of benzene rings is 2. The zero-order valence-electron chi connectivity index (χ0n) is 12.5. The highest BCUT2D eigenvalue weighted by atomic mass is 16.6. The summed E-state index contributed by atoms with van der Waals surface area (Å²) in [7, 11) is 1.26. The van der Waals surface area contributed by atoms with Gasteiger partial charge in [-0.05, 0) is 42.8 Å². The van der Waals surface area contributed by atoms with Crippen LogP contribution in [0.1, 0.15) is 26.3 Å². The average molecular weight is 314 g/mol. The van der Waals surface area contributed by atoms with Crippen molar-refractivity contribution in [2.75, 3.05) is 12.4 Å². The molecule has 0 spiro atoms. The molecule has 0 saturated carbocycles. The van der Waals surface area contributed by atoms with Gasteiger partial charge in [-0.1, -0.05) is 6.07 Å². The van der Waals surface area contributed by atoms with E-state index in [2.05, 4.69) is 10.1 Å². The molecule has 1 N–H and O–H groups in total. The third-order valence-electron chi connectivity index (χ3n) is 3.17. The maximum absolute atomic E-state index is 12.2. The van der Waals surface area contributed by atoms with E-state index in [1.54, 1.807) is 13.0 Å². The van der Waals surface area contributed by atoms with Gasteiger partial charge in [-0.25, -0.2) is 4.79 Å². The molecule has 0 aliphatic carbocycles. The fourth-order valence-electron chi connectivity index (χ4n) is 1.97. The van der Waals surface area contributed by atoms with Crippen LogP contribution in [0.15, 0.2) is 42.5 Å². The van der Waals surface area contributed by atoms with Crippen molar-refractivity contribution >= 4 is 23.3 Å². The summed E-state index contributed by atoms with van der Waals surface area (Å²) in [5, 5.41) is 13.5. The van der Waals surface area contributed by atoms with Crippen LogP contribution in [0.3, 0.4) is 0 Å². The fourth-order valence-corrected chi connectivity index (χ4v) is 1.97. The standard InChI is InChI=1S/C16H14N2O5/c1-10-3-8-13(14(9-10)18(21)22)17-15(19)11-4-6-12(7-5-11)16(20)23-2/h3-9H,1-2H3,(H,17,19). The lowest BCUT2D eigenvalue weighted by Crippen LogP contribution is -2.13. The van der Waals surface area contributed by atoms with Gasteiger partial charge in [-0.3, -0.25) is 14.9 Å². The molecule has 0 saturated heterocycles. The number of nitro groups is 1. The van der Waals surface area contributed by atoms with Crippen molar-refractivity contribution < 1.29 is 19.2 Å². The number of nitrogens with zero attached hydrogens (tertiary/aromatic N) is 1. The second-order valence-corrected chi connectivity index (χ2v) is 4.80. The minimum atomic E-state index is -0.553. The predicted octanol–water partition coefficient (Wildman–Crippen LogP) is 2.94. The number of nitrogens with one attached hydrogen (secondary N) is 1. The van der Waals surface area contributed by atoms with Crippen molar-refractivity contribution in [1.29, 1.82) is 0 Å². The van der Waals surface area contributed by atoms with Crippen LogP contribution in [0, 0.1) is 17.0 Å². The summed E-state index contributed by atoms with van der Waals surface area (Å²) < 4.78 is 4.57. The lowest BCUT2D eigenvalue weighted by Gasteiger charge is -2.07. The van der Waals surface area contributed by atoms with Gasteiger partial charge in [0.1, 0.15) is 5.69 Å². The molecule has 7 nitrogen and oxygen atoms in total. The number of carbonyl (C=O) groups is 2. The first kappa shape index (κ1) is 16.2. The minimum Gasteiger partial charge on any atom is -0.465 e. The highest BCUT2D eigenvalue weighted by molar-refractivity contribution is 6.05. The minimum absolute atomic E-state index is 0.114. The molecule has 0 atom stereocenters. The number of hydrogen-bond acceptors (Lipinski definition) is 5. The Balaban J connectivity index is 2.22. The zero-order chi connectivity index (χ0) is 17.0. The van der Waals surface area contributed by atoms with Crippen LogP contribution < -0.4 is 5.32 Å². The van der Waals surface area contributed by atoms with Crippen molar-refractivity contribution in [3.05, 3.63) is 69.3 Å². The van der Waals surface area contributed by atoms with Crippen LogP contribution in [0.25, 0.3) is 0 Å². The number of carbonyl (C=O) groups excluding carboxylic acids is 2. The monoisotopic (exact) mass is 314 g/mol. The largest absolute Gasteiger partial charge is 0.465 e. The average Bonchev–Trinajstić information content (AvgIpc) is 2.55. The first-order valence-corrected chi connectivity index (χ1v) is 6.67. The number of esters is 1. The number of anilines is 1. The van der Waals surface area contributed by atoms with Gasteiger partial charge in [0.2, 0.25) is 0 Å². The number of aryl methyl sites for hydroxylation is 1. The van der Waals surface area contributed by atoms with E-state index in [0.29, 0.717) is 5.56 Å². The van der Waals surface area contributed by atoms with Gasteiger partial charge in [0.15, 0.2) is 0 Å². The van der Waals surface area contributed by atoms with Crippen molar-refractivity contribution in [3.63, 3.8) is 0 Å². The number of hydrogen-bond donors (Lipinski definition) is 1. The van der Waals surface area contributed by atoms with Crippen LogP contribution in [0.4, 0.5) is 11.4 Å². The Morgan fingerprint density at radius 3 is 2.26 bits per heavy atom. The Labute approximate surface area is 132 Å². The topological polar surface area (TPSA) is 98.5 Å².